The van der Waals surface area contributed by atoms with Gasteiger partial charge in [0.25, 0.3) is 0 Å². The summed E-state index contributed by atoms with van der Waals surface area (Å²) in [7, 11) is 2.26. The number of quaternary nitrogens is 1. The number of benzene rings is 1. The molecule has 1 fully saturated rings. The summed E-state index contributed by atoms with van der Waals surface area (Å²) in [5.74, 6) is 0.761. The highest BCUT2D eigenvalue weighted by Gasteiger charge is 2.26. The number of unbranched alkanes of at least 4 members (excludes halogenated alkanes) is 15. The number of esters is 1. The van der Waals surface area contributed by atoms with Crippen LogP contribution < -0.4 is 4.74 Å². The summed E-state index contributed by atoms with van der Waals surface area (Å²) < 4.78 is 12.4. The largest absolute Gasteiger partial charge is 0.494 e. The fourth-order valence-corrected chi connectivity index (χ4v) is 5.46. The Labute approximate surface area is 229 Å². The van der Waals surface area contributed by atoms with Gasteiger partial charge in [0, 0.05) is 12.8 Å². The number of nitrogens with zero attached hydrogens (tertiary/aromatic N) is 1. The summed E-state index contributed by atoms with van der Waals surface area (Å²) in [6.45, 7) is 6.93. The van der Waals surface area contributed by atoms with Crippen LogP contribution >= 0.6 is 0 Å². The van der Waals surface area contributed by atoms with Gasteiger partial charge >= 0.3 is 5.97 Å². The minimum atomic E-state index is -0.132. The Morgan fingerprint density at radius 3 is 1.70 bits per heavy atom. The van der Waals surface area contributed by atoms with Crippen molar-refractivity contribution in [2.75, 3.05) is 39.9 Å². The minimum absolute atomic E-state index is 0.132. The third kappa shape index (κ3) is 16.1. The fraction of sp³-hybridized carbons (Fsp3) is 0.788. The van der Waals surface area contributed by atoms with Crippen LogP contribution in [0.5, 0.6) is 5.75 Å². The van der Waals surface area contributed by atoms with Crippen molar-refractivity contribution in [1.82, 2.24) is 0 Å². The second-order valence-electron chi connectivity index (χ2n) is 11.7. The lowest BCUT2D eigenvalue weighted by atomic mass is 10.0. The predicted octanol–water partition coefficient (Wildman–Crippen LogP) is 8.65. The number of likely N-dealkylation sites (N-methyl/N-ethyl adjacent to an activating group) is 1. The first-order valence-corrected chi connectivity index (χ1v) is 15.8. The molecule has 1 heterocycles. The van der Waals surface area contributed by atoms with Crippen LogP contribution in [0.15, 0.2) is 24.3 Å². The minimum Gasteiger partial charge on any atom is -0.494 e. The number of likely N-dealkylation sites (tertiary alicyclic amines) is 1. The Balaban J connectivity index is 1.36. The SMILES string of the molecule is CCCCCCCCCCCCCCCCCCOc1ccc(CC(=O)OCC[N+]2(C)CCCC2)cc1. The van der Waals surface area contributed by atoms with Gasteiger partial charge in [0.05, 0.1) is 33.2 Å². The summed E-state index contributed by atoms with van der Waals surface area (Å²) >= 11 is 0. The van der Waals surface area contributed by atoms with Crippen molar-refractivity contribution in [2.24, 2.45) is 0 Å². The van der Waals surface area contributed by atoms with Gasteiger partial charge < -0.3 is 14.0 Å². The van der Waals surface area contributed by atoms with Crippen LogP contribution in [0.25, 0.3) is 0 Å². The summed E-state index contributed by atoms with van der Waals surface area (Å²) in [4.78, 5) is 12.2. The Bertz CT molecular complexity index is 681. The molecule has 0 aliphatic carbocycles. The third-order valence-corrected chi connectivity index (χ3v) is 8.08. The van der Waals surface area contributed by atoms with Gasteiger partial charge in [-0.2, -0.15) is 0 Å². The number of carbonyl (C=O) groups excluding carboxylic acids is 1. The van der Waals surface area contributed by atoms with Gasteiger partial charge in [-0.05, 0) is 24.1 Å². The van der Waals surface area contributed by atoms with Gasteiger partial charge in [-0.3, -0.25) is 4.79 Å². The second kappa shape index (κ2) is 20.4. The van der Waals surface area contributed by atoms with Crippen molar-refractivity contribution in [3.8, 4) is 5.75 Å². The molecule has 0 amide bonds. The van der Waals surface area contributed by atoms with Crippen LogP contribution in [0, 0.1) is 0 Å². The zero-order valence-corrected chi connectivity index (χ0v) is 24.5. The zero-order valence-electron chi connectivity index (χ0n) is 24.5. The van der Waals surface area contributed by atoms with Gasteiger partial charge in [-0.25, -0.2) is 0 Å². The number of rotatable bonds is 23. The van der Waals surface area contributed by atoms with Crippen LogP contribution in [0.1, 0.15) is 128 Å². The molecular weight excluding hydrogens is 458 g/mol. The molecule has 212 valence electrons. The fourth-order valence-electron chi connectivity index (χ4n) is 5.46. The van der Waals surface area contributed by atoms with Crippen molar-refractivity contribution >= 4 is 5.97 Å². The quantitative estimate of drug-likeness (QED) is 0.0829. The Morgan fingerprint density at radius 1 is 0.703 bits per heavy atom. The van der Waals surface area contributed by atoms with Crippen LogP contribution in [-0.4, -0.2) is 50.3 Å². The molecule has 0 unspecified atom stereocenters. The average molecular weight is 517 g/mol. The topological polar surface area (TPSA) is 35.5 Å². The lowest BCUT2D eigenvalue weighted by molar-refractivity contribution is -0.897. The zero-order chi connectivity index (χ0) is 26.4. The van der Waals surface area contributed by atoms with E-state index in [2.05, 4.69) is 14.0 Å². The first-order valence-electron chi connectivity index (χ1n) is 15.8. The first-order chi connectivity index (χ1) is 18.1. The number of hydrogen-bond donors (Lipinski definition) is 0. The molecule has 0 radical (unpaired) electrons. The van der Waals surface area contributed by atoms with E-state index in [1.165, 1.54) is 122 Å². The molecule has 0 N–H and O–H groups in total. The van der Waals surface area contributed by atoms with Crippen molar-refractivity contribution in [1.29, 1.82) is 0 Å². The van der Waals surface area contributed by atoms with E-state index in [1.54, 1.807) is 0 Å². The number of ether oxygens (including phenoxy) is 2. The molecule has 1 aliphatic rings. The highest BCUT2D eigenvalue weighted by atomic mass is 16.5. The third-order valence-electron chi connectivity index (χ3n) is 8.08. The second-order valence-corrected chi connectivity index (χ2v) is 11.7. The van der Waals surface area contributed by atoms with E-state index in [0.717, 1.165) is 35.4 Å². The summed E-state index contributed by atoms with van der Waals surface area (Å²) in [5.41, 5.74) is 0.987. The van der Waals surface area contributed by atoms with E-state index in [4.69, 9.17) is 9.47 Å². The van der Waals surface area contributed by atoms with E-state index < -0.39 is 0 Å². The molecular formula is C33H58NO3+. The van der Waals surface area contributed by atoms with Gasteiger partial charge in [-0.1, -0.05) is 115 Å². The number of hydrogen-bond acceptors (Lipinski definition) is 3. The monoisotopic (exact) mass is 516 g/mol. The van der Waals surface area contributed by atoms with Gasteiger partial charge in [0.15, 0.2) is 0 Å². The van der Waals surface area contributed by atoms with E-state index >= 15 is 0 Å². The maximum atomic E-state index is 12.2. The number of carbonyl (C=O) groups is 1. The summed E-state index contributed by atoms with van der Waals surface area (Å²) in [6, 6.07) is 7.92. The average Bonchev–Trinajstić information content (AvgIpc) is 3.33. The summed E-state index contributed by atoms with van der Waals surface area (Å²) in [6.07, 6.45) is 25.0. The lowest BCUT2D eigenvalue weighted by Crippen LogP contribution is -2.43. The predicted molar refractivity (Wildman–Crippen MR) is 156 cm³/mol. The van der Waals surface area contributed by atoms with Crippen LogP contribution in [0.3, 0.4) is 0 Å². The van der Waals surface area contributed by atoms with Crippen LogP contribution in [0.2, 0.25) is 0 Å². The van der Waals surface area contributed by atoms with Crippen LogP contribution in [0.4, 0.5) is 0 Å². The van der Waals surface area contributed by atoms with Gasteiger partial charge in [0.2, 0.25) is 0 Å². The maximum Gasteiger partial charge on any atom is 0.310 e. The molecule has 4 nitrogen and oxygen atoms in total. The molecule has 2 rings (SSSR count). The first kappa shape index (κ1) is 31.7. The lowest BCUT2D eigenvalue weighted by Gasteiger charge is -2.28. The van der Waals surface area contributed by atoms with Gasteiger partial charge in [0.1, 0.15) is 18.9 Å². The molecule has 0 saturated carbocycles. The maximum absolute atomic E-state index is 12.2. The van der Waals surface area contributed by atoms with Crippen molar-refractivity contribution in [2.45, 2.75) is 129 Å². The van der Waals surface area contributed by atoms with E-state index in [0.29, 0.717) is 13.0 Å². The van der Waals surface area contributed by atoms with E-state index in [-0.39, 0.29) is 5.97 Å². The van der Waals surface area contributed by atoms with Crippen molar-refractivity contribution in [3.05, 3.63) is 29.8 Å². The molecule has 0 spiro atoms. The molecule has 1 aromatic carbocycles. The standard InChI is InChI=1S/C33H58NO3/c1-3-4-5-6-7-8-9-10-11-12-13-14-15-16-17-20-28-36-32-23-21-31(22-24-32)30-33(35)37-29-27-34(2)25-18-19-26-34/h21-24H,3-20,25-30H2,1-2H3/q+1. The Morgan fingerprint density at radius 2 is 1.19 bits per heavy atom. The van der Waals surface area contributed by atoms with Crippen molar-refractivity contribution < 1.29 is 18.8 Å². The Kier molecular flexibility index (Phi) is 17.5. The summed E-state index contributed by atoms with van der Waals surface area (Å²) in [5, 5.41) is 0. The highest BCUT2D eigenvalue weighted by Crippen LogP contribution is 2.17. The molecule has 4 heteroatoms. The van der Waals surface area contributed by atoms with Crippen molar-refractivity contribution in [3.63, 3.8) is 0 Å². The van der Waals surface area contributed by atoms with Gasteiger partial charge in [-0.15, -0.1) is 0 Å². The van der Waals surface area contributed by atoms with E-state index in [9.17, 15) is 4.79 Å². The molecule has 0 aromatic heterocycles. The molecule has 1 aliphatic heterocycles. The molecule has 37 heavy (non-hydrogen) atoms. The van der Waals surface area contributed by atoms with E-state index in [1.807, 2.05) is 24.3 Å². The molecule has 0 bridgehead atoms. The normalized spacial score (nSPS) is 14.6. The highest BCUT2D eigenvalue weighted by molar-refractivity contribution is 5.72. The molecule has 0 atom stereocenters. The molecule has 1 saturated heterocycles. The van der Waals surface area contributed by atoms with Crippen LogP contribution in [-0.2, 0) is 16.0 Å². The smallest absolute Gasteiger partial charge is 0.310 e. The molecule has 1 aromatic rings. The Hall–Kier alpha value is -1.55.